The van der Waals surface area contributed by atoms with Crippen LogP contribution in [0.1, 0.15) is 13.3 Å². The van der Waals surface area contributed by atoms with E-state index in [-0.39, 0.29) is 22.8 Å². The van der Waals surface area contributed by atoms with Gasteiger partial charge in [0.25, 0.3) is 10.1 Å². The quantitative estimate of drug-likeness (QED) is 0.418. The highest BCUT2D eigenvalue weighted by Gasteiger charge is 2.20. The van der Waals surface area contributed by atoms with E-state index in [9.17, 15) is 22.6 Å². The number of amides is 3. The zero-order chi connectivity index (χ0) is 22.4. The maximum absolute atomic E-state index is 12.5. The number of rotatable bonds is 6. The fraction of sp³-hybridized carbons (Fsp3) is 0.0909. The summed E-state index contributed by atoms with van der Waals surface area (Å²) in [6.07, 6.45) is 0.243. The molecule has 0 unspecified atom stereocenters. The SMILES string of the molecule is CCC(=O)Nc1ccc(S(=O)(=O)O)c(-c2ccccc2NC(=O)Nc2ccccc2)c1. The molecule has 0 radical (unpaired) electrons. The number of para-hydroxylation sites is 2. The standard InChI is InChI=1S/C22H21N3O5S/c1-2-21(26)23-16-12-13-20(31(28,29)30)18(14-16)17-10-6-7-11-19(17)25-22(27)24-15-8-4-3-5-9-15/h3-14H,2H2,1H3,(H,23,26)(H2,24,25,27)(H,28,29,30). The summed E-state index contributed by atoms with van der Waals surface area (Å²) in [7, 11) is -4.57. The molecule has 8 nitrogen and oxygen atoms in total. The monoisotopic (exact) mass is 439 g/mol. The minimum atomic E-state index is -4.57. The number of carbonyl (C=O) groups is 2. The predicted molar refractivity (Wildman–Crippen MR) is 120 cm³/mol. The molecule has 0 bridgehead atoms. The van der Waals surface area contributed by atoms with Crippen LogP contribution in [0.3, 0.4) is 0 Å². The van der Waals surface area contributed by atoms with Gasteiger partial charge in [-0.25, -0.2) is 4.79 Å². The molecule has 0 saturated carbocycles. The lowest BCUT2D eigenvalue weighted by Crippen LogP contribution is -2.20. The van der Waals surface area contributed by atoms with Gasteiger partial charge in [0.05, 0.1) is 5.69 Å². The third-order valence-corrected chi connectivity index (χ3v) is 5.27. The number of anilines is 3. The third-order valence-electron chi connectivity index (χ3n) is 4.36. The van der Waals surface area contributed by atoms with Gasteiger partial charge in [0.2, 0.25) is 5.91 Å². The summed E-state index contributed by atoms with van der Waals surface area (Å²) in [5.41, 5.74) is 1.75. The molecule has 0 aliphatic rings. The number of hydrogen-bond acceptors (Lipinski definition) is 4. The fourth-order valence-corrected chi connectivity index (χ4v) is 3.61. The summed E-state index contributed by atoms with van der Waals surface area (Å²) in [5, 5.41) is 8.04. The summed E-state index contributed by atoms with van der Waals surface area (Å²) >= 11 is 0. The van der Waals surface area contributed by atoms with Crippen LogP contribution in [0.15, 0.2) is 77.7 Å². The van der Waals surface area contributed by atoms with Crippen LogP contribution < -0.4 is 16.0 Å². The van der Waals surface area contributed by atoms with E-state index in [0.29, 0.717) is 22.6 Å². The predicted octanol–water partition coefficient (Wildman–Crippen LogP) is 4.59. The van der Waals surface area contributed by atoms with E-state index < -0.39 is 16.1 Å². The molecule has 9 heteroatoms. The van der Waals surface area contributed by atoms with E-state index >= 15 is 0 Å². The van der Waals surface area contributed by atoms with Crippen molar-refractivity contribution in [1.82, 2.24) is 0 Å². The molecule has 31 heavy (non-hydrogen) atoms. The first kappa shape index (κ1) is 22.0. The molecule has 160 valence electrons. The van der Waals surface area contributed by atoms with E-state index in [2.05, 4.69) is 16.0 Å². The Hall–Kier alpha value is -3.69. The molecule has 0 aromatic heterocycles. The Morgan fingerprint density at radius 3 is 2.16 bits per heavy atom. The molecular formula is C22H21N3O5S. The van der Waals surface area contributed by atoms with E-state index in [4.69, 9.17) is 0 Å². The first-order chi connectivity index (χ1) is 14.8. The molecule has 0 saturated heterocycles. The summed E-state index contributed by atoms with van der Waals surface area (Å²) in [6.45, 7) is 1.69. The van der Waals surface area contributed by atoms with Crippen molar-refractivity contribution in [2.75, 3.05) is 16.0 Å². The second-order valence-corrected chi connectivity index (χ2v) is 7.97. The van der Waals surface area contributed by atoms with Crippen LogP contribution in [-0.2, 0) is 14.9 Å². The maximum Gasteiger partial charge on any atom is 0.323 e. The Morgan fingerprint density at radius 2 is 1.48 bits per heavy atom. The molecule has 0 aliphatic carbocycles. The lowest BCUT2D eigenvalue weighted by atomic mass is 10.0. The van der Waals surface area contributed by atoms with Crippen LogP contribution >= 0.6 is 0 Å². The Bertz CT molecular complexity index is 1210. The Balaban J connectivity index is 2.01. The third kappa shape index (κ3) is 5.68. The van der Waals surface area contributed by atoms with Crippen molar-refractivity contribution in [3.63, 3.8) is 0 Å². The molecular weight excluding hydrogens is 418 g/mol. The summed E-state index contributed by atoms with van der Waals surface area (Å²) < 4.78 is 33.6. The zero-order valence-corrected chi connectivity index (χ0v) is 17.4. The van der Waals surface area contributed by atoms with Gasteiger partial charge < -0.3 is 16.0 Å². The highest BCUT2D eigenvalue weighted by molar-refractivity contribution is 7.86. The molecule has 3 aromatic carbocycles. The molecule has 4 N–H and O–H groups in total. The van der Waals surface area contributed by atoms with Crippen molar-refractivity contribution in [3.05, 3.63) is 72.8 Å². The van der Waals surface area contributed by atoms with Crippen molar-refractivity contribution in [2.45, 2.75) is 18.2 Å². The highest BCUT2D eigenvalue weighted by Crippen LogP contribution is 2.35. The van der Waals surface area contributed by atoms with Gasteiger partial charge in [0.15, 0.2) is 0 Å². The van der Waals surface area contributed by atoms with Crippen LogP contribution in [0.25, 0.3) is 11.1 Å². The number of benzene rings is 3. The van der Waals surface area contributed by atoms with E-state index in [1.807, 2.05) is 6.07 Å². The second kappa shape index (κ2) is 9.41. The minimum absolute atomic E-state index is 0.131. The number of nitrogens with one attached hydrogen (secondary N) is 3. The highest BCUT2D eigenvalue weighted by atomic mass is 32.2. The molecule has 3 amide bonds. The van der Waals surface area contributed by atoms with Crippen LogP contribution in [-0.4, -0.2) is 24.9 Å². The van der Waals surface area contributed by atoms with Gasteiger partial charge in [-0.2, -0.15) is 8.42 Å². The minimum Gasteiger partial charge on any atom is -0.326 e. The smallest absolute Gasteiger partial charge is 0.323 e. The molecule has 0 atom stereocenters. The second-order valence-electron chi connectivity index (χ2n) is 6.58. The normalized spacial score (nSPS) is 10.9. The van der Waals surface area contributed by atoms with E-state index in [1.165, 1.54) is 18.2 Å². The Labute approximate surface area is 180 Å². The molecule has 3 aromatic rings. The summed E-state index contributed by atoms with van der Waals surface area (Å²) in [6, 6.07) is 18.9. The fourth-order valence-electron chi connectivity index (χ4n) is 2.93. The Kier molecular flexibility index (Phi) is 6.68. The van der Waals surface area contributed by atoms with Gasteiger partial charge in [-0.15, -0.1) is 0 Å². The van der Waals surface area contributed by atoms with Crippen molar-refractivity contribution in [1.29, 1.82) is 0 Å². The lowest BCUT2D eigenvalue weighted by molar-refractivity contribution is -0.115. The zero-order valence-electron chi connectivity index (χ0n) is 16.6. The van der Waals surface area contributed by atoms with Crippen LogP contribution in [0.5, 0.6) is 0 Å². The number of urea groups is 1. The summed E-state index contributed by atoms with van der Waals surface area (Å²) in [4.78, 5) is 23.9. The molecule has 0 aliphatic heterocycles. The number of hydrogen-bond donors (Lipinski definition) is 4. The van der Waals surface area contributed by atoms with Gasteiger partial charge in [-0.1, -0.05) is 43.3 Å². The number of carbonyl (C=O) groups excluding carboxylic acids is 2. The van der Waals surface area contributed by atoms with Crippen LogP contribution in [0.4, 0.5) is 21.9 Å². The Morgan fingerprint density at radius 1 is 0.806 bits per heavy atom. The van der Waals surface area contributed by atoms with Crippen molar-refractivity contribution >= 4 is 39.1 Å². The lowest BCUT2D eigenvalue weighted by Gasteiger charge is -2.15. The van der Waals surface area contributed by atoms with Crippen LogP contribution in [0, 0.1) is 0 Å². The van der Waals surface area contributed by atoms with E-state index in [1.54, 1.807) is 55.5 Å². The summed E-state index contributed by atoms with van der Waals surface area (Å²) in [5.74, 6) is -0.251. The van der Waals surface area contributed by atoms with E-state index in [0.717, 1.165) is 0 Å². The van der Waals surface area contributed by atoms with Crippen molar-refractivity contribution in [2.24, 2.45) is 0 Å². The molecule has 0 fully saturated rings. The van der Waals surface area contributed by atoms with Gasteiger partial charge in [0.1, 0.15) is 4.90 Å². The first-order valence-electron chi connectivity index (χ1n) is 9.42. The topological polar surface area (TPSA) is 125 Å². The largest absolute Gasteiger partial charge is 0.326 e. The average molecular weight is 439 g/mol. The van der Waals surface area contributed by atoms with Crippen LogP contribution in [0.2, 0.25) is 0 Å². The van der Waals surface area contributed by atoms with Gasteiger partial charge in [-0.05, 0) is 36.4 Å². The van der Waals surface area contributed by atoms with Crippen molar-refractivity contribution in [3.8, 4) is 11.1 Å². The molecule has 0 heterocycles. The maximum atomic E-state index is 12.5. The van der Waals surface area contributed by atoms with Crippen molar-refractivity contribution < 1.29 is 22.6 Å². The first-order valence-corrected chi connectivity index (χ1v) is 10.9. The van der Waals surface area contributed by atoms with Gasteiger partial charge >= 0.3 is 6.03 Å². The van der Waals surface area contributed by atoms with Gasteiger partial charge in [-0.3, -0.25) is 9.35 Å². The molecule has 0 spiro atoms. The van der Waals surface area contributed by atoms with Gasteiger partial charge in [0, 0.05) is 28.9 Å². The average Bonchev–Trinajstić information content (AvgIpc) is 2.74. The molecule has 3 rings (SSSR count).